The summed E-state index contributed by atoms with van der Waals surface area (Å²) >= 11 is 0. The fraction of sp³-hybridized carbons (Fsp3) is 0.529. The first-order chi connectivity index (χ1) is 10.3. The molecule has 22 heavy (non-hydrogen) atoms. The Balaban J connectivity index is 2.96. The Morgan fingerprint density at radius 1 is 1.23 bits per heavy atom. The number of hydrogen-bond donors (Lipinski definition) is 1. The van der Waals surface area contributed by atoms with Gasteiger partial charge in [-0.3, -0.25) is 14.5 Å². The summed E-state index contributed by atoms with van der Waals surface area (Å²) in [5, 5.41) is 2.87. The summed E-state index contributed by atoms with van der Waals surface area (Å²) in [6, 6.07) is 7.35. The van der Waals surface area contributed by atoms with Crippen LogP contribution in [0.5, 0.6) is 5.75 Å². The minimum atomic E-state index is -0.195. The summed E-state index contributed by atoms with van der Waals surface area (Å²) < 4.78 is 5.73. The summed E-state index contributed by atoms with van der Waals surface area (Å²) in [5.74, 6) is 0.229. The molecule has 0 aliphatic heterocycles. The van der Waals surface area contributed by atoms with Crippen molar-refractivity contribution in [2.45, 2.75) is 53.2 Å². The zero-order chi connectivity index (χ0) is 16.7. The second-order valence-electron chi connectivity index (χ2n) is 5.62. The number of hydrogen-bond acceptors (Lipinski definition) is 3. The average Bonchev–Trinajstić information content (AvgIpc) is 2.44. The molecule has 1 rings (SSSR count). The van der Waals surface area contributed by atoms with E-state index in [4.69, 9.17) is 4.74 Å². The summed E-state index contributed by atoms with van der Waals surface area (Å²) in [4.78, 5) is 25.5. The lowest BCUT2D eigenvalue weighted by Crippen LogP contribution is -2.42. The van der Waals surface area contributed by atoms with E-state index in [0.29, 0.717) is 11.4 Å². The standard InChI is InChI=1S/C17H26N2O3/c1-6-13(4)18-17(21)11-19(14(5)20)15-9-7-8-10-16(15)22-12(2)3/h7-10,12-13H,6,11H2,1-5H3,(H,18,21). The van der Waals surface area contributed by atoms with Gasteiger partial charge in [0.15, 0.2) is 0 Å². The molecule has 0 aliphatic carbocycles. The molecule has 122 valence electrons. The number of carbonyl (C=O) groups excluding carboxylic acids is 2. The zero-order valence-electron chi connectivity index (χ0n) is 14.1. The Hall–Kier alpha value is -2.04. The van der Waals surface area contributed by atoms with E-state index >= 15 is 0 Å². The van der Waals surface area contributed by atoms with Crippen LogP contribution in [0.3, 0.4) is 0 Å². The second kappa shape index (κ2) is 8.41. The first-order valence-electron chi connectivity index (χ1n) is 7.68. The molecule has 0 radical (unpaired) electrons. The third-order valence-corrected chi connectivity index (χ3v) is 3.22. The number of nitrogens with zero attached hydrogens (tertiary/aromatic N) is 1. The molecule has 1 atom stereocenters. The normalized spacial score (nSPS) is 11.9. The van der Waals surface area contributed by atoms with Crippen LogP contribution in [0.4, 0.5) is 5.69 Å². The Bertz CT molecular complexity index is 514. The number of anilines is 1. The van der Waals surface area contributed by atoms with Crippen molar-refractivity contribution < 1.29 is 14.3 Å². The van der Waals surface area contributed by atoms with Crippen LogP contribution in [0.25, 0.3) is 0 Å². The summed E-state index contributed by atoms with van der Waals surface area (Å²) in [7, 11) is 0. The number of carbonyl (C=O) groups is 2. The van der Waals surface area contributed by atoms with Crippen LogP contribution in [0.15, 0.2) is 24.3 Å². The second-order valence-corrected chi connectivity index (χ2v) is 5.62. The van der Waals surface area contributed by atoms with Gasteiger partial charge in [-0.15, -0.1) is 0 Å². The van der Waals surface area contributed by atoms with Crippen LogP contribution < -0.4 is 15.0 Å². The number of rotatable bonds is 7. The maximum atomic E-state index is 12.1. The van der Waals surface area contributed by atoms with Gasteiger partial charge in [0.2, 0.25) is 11.8 Å². The van der Waals surface area contributed by atoms with Gasteiger partial charge in [0.05, 0.1) is 11.8 Å². The number of para-hydroxylation sites is 2. The molecule has 0 aliphatic rings. The molecule has 0 fully saturated rings. The highest BCUT2D eigenvalue weighted by Gasteiger charge is 2.20. The number of amides is 2. The fourth-order valence-electron chi connectivity index (χ4n) is 1.97. The first-order valence-corrected chi connectivity index (χ1v) is 7.68. The lowest BCUT2D eigenvalue weighted by atomic mass is 10.2. The molecule has 0 aromatic heterocycles. The van der Waals surface area contributed by atoms with Crippen LogP contribution in [0, 0.1) is 0 Å². The van der Waals surface area contributed by atoms with Gasteiger partial charge >= 0.3 is 0 Å². The van der Waals surface area contributed by atoms with Gasteiger partial charge in [0.25, 0.3) is 0 Å². The highest BCUT2D eigenvalue weighted by molar-refractivity contribution is 5.98. The largest absolute Gasteiger partial charge is 0.489 e. The van der Waals surface area contributed by atoms with Crippen molar-refractivity contribution in [2.75, 3.05) is 11.4 Å². The number of nitrogens with one attached hydrogen (secondary N) is 1. The minimum absolute atomic E-state index is 0.0103. The van der Waals surface area contributed by atoms with Crippen LogP contribution in [0.1, 0.15) is 41.0 Å². The van der Waals surface area contributed by atoms with E-state index in [9.17, 15) is 9.59 Å². The molecular formula is C17H26N2O3. The van der Waals surface area contributed by atoms with Crippen molar-refractivity contribution in [3.8, 4) is 5.75 Å². The number of benzene rings is 1. The van der Waals surface area contributed by atoms with E-state index < -0.39 is 0 Å². The molecule has 1 aromatic carbocycles. The van der Waals surface area contributed by atoms with Crippen molar-refractivity contribution in [1.29, 1.82) is 0 Å². The zero-order valence-corrected chi connectivity index (χ0v) is 14.1. The SMILES string of the molecule is CCC(C)NC(=O)CN(C(C)=O)c1ccccc1OC(C)C. The van der Waals surface area contributed by atoms with Gasteiger partial charge in [-0.2, -0.15) is 0 Å². The highest BCUT2D eigenvalue weighted by Crippen LogP contribution is 2.29. The summed E-state index contributed by atoms with van der Waals surface area (Å²) in [6.45, 7) is 9.21. The van der Waals surface area contributed by atoms with Crippen molar-refractivity contribution in [3.63, 3.8) is 0 Å². The molecule has 1 N–H and O–H groups in total. The maximum absolute atomic E-state index is 12.1. The van der Waals surface area contributed by atoms with Crippen LogP contribution >= 0.6 is 0 Å². The van der Waals surface area contributed by atoms with Crippen molar-refractivity contribution >= 4 is 17.5 Å². The molecular weight excluding hydrogens is 280 g/mol. The van der Waals surface area contributed by atoms with Gasteiger partial charge in [-0.25, -0.2) is 0 Å². The molecule has 5 heteroatoms. The lowest BCUT2D eigenvalue weighted by Gasteiger charge is -2.25. The monoisotopic (exact) mass is 306 g/mol. The van der Waals surface area contributed by atoms with Crippen molar-refractivity contribution in [3.05, 3.63) is 24.3 Å². The average molecular weight is 306 g/mol. The van der Waals surface area contributed by atoms with Gasteiger partial charge in [-0.05, 0) is 39.3 Å². The fourth-order valence-corrected chi connectivity index (χ4v) is 1.97. The molecule has 1 unspecified atom stereocenters. The first kappa shape index (κ1) is 18.0. The molecule has 5 nitrogen and oxygen atoms in total. The van der Waals surface area contributed by atoms with Gasteiger partial charge in [0, 0.05) is 13.0 Å². The molecule has 0 heterocycles. The number of ether oxygens (including phenoxy) is 1. The third-order valence-electron chi connectivity index (χ3n) is 3.22. The minimum Gasteiger partial charge on any atom is -0.489 e. The Morgan fingerprint density at radius 3 is 2.41 bits per heavy atom. The predicted molar refractivity (Wildman–Crippen MR) is 88.1 cm³/mol. The Labute approximate surface area is 132 Å². The van der Waals surface area contributed by atoms with E-state index in [2.05, 4.69) is 5.32 Å². The van der Waals surface area contributed by atoms with Crippen molar-refractivity contribution in [2.24, 2.45) is 0 Å². The van der Waals surface area contributed by atoms with E-state index in [1.54, 1.807) is 12.1 Å². The highest BCUT2D eigenvalue weighted by atomic mass is 16.5. The van der Waals surface area contributed by atoms with Crippen LogP contribution in [-0.4, -0.2) is 30.5 Å². The Morgan fingerprint density at radius 2 is 1.86 bits per heavy atom. The molecule has 0 saturated carbocycles. The quantitative estimate of drug-likeness (QED) is 0.842. The lowest BCUT2D eigenvalue weighted by molar-refractivity contribution is -0.123. The van der Waals surface area contributed by atoms with E-state index in [1.165, 1.54) is 11.8 Å². The van der Waals surface area contributed by atoms with E-state index in [1.807, 2.05) is 39.8 Å². The van der Waals surface area contributed by atoms with Crippen LogP contribution in [-0.2, 0) is 9.59 Å². The summed E-state index contributed by atoms with van der Waals surface area (Å²) in [6.07, 6.45) is 0.836. The third kappa shape index (κ3) is 5.39. The molecule has 1 aromatic rings. The molecule has 0 bridgehead atoms. The van der Waals surface area contributed by atoms with E-state index in [0.717, 1.165) is 6.42 Å². The van der Waals surface area contributed by atoms with Crippen molar-refractivity contribution in [1.82, 2.24) is 5.32 Å². The Kier molecular flexibility index (Phi) is 6.89. The summed E-state index contributed by atoms with van der Waals surface area (Å²) in [5.41, 5.74) is 0.614. The van der Waals surface area contributed by atoms with Gasteiger partial charge in [0.1, 0.15) is 12.3 Å². The smallest absolute Gasteiger partial charge is 0.240 e. The molecule has 0 spiro atoms. The predicted octanol–water partition coefficient (Wildman–Crippen LogP) is 2.74. The topological polar surface area (TPSA) is 58.6 Å². The van der Waals surface area contributed by atoms with E-state index in [-0.39, 0.29) is 30.5 Å². The van der Waals surface area contributed by atoms with Gasteiger partial charge < -0.3 is 10.1 Å². The maximum Gasteiger partial charge on any atom is 0.240 e. The molecule has 0 saturated heterocycles. The van der Waals surface area contributed by atoms with Gasteiger partial charge in [-0.1, -0.05) is 19.1 Å². The van der Waals surface area contributed by atoms with Crippen LogP contribution in [0.2, 0.25) is 0 Å². The molecule has 2 amide bonds.